The maximum absolute atomic E-state index is 12.9. The number of benzene rings is 1. The smallest absolute Gasteiger partial charge is 0.344 e. The Balaban J connectivity index is 1.96. The zero-order chi connectivity index (χ0) is 18.5. The largest absolute Gasteiger partial charge is 0.474 e. The van der Waals surface area contributed by atoms with E-state index in [0.29, 0.717) is 23.3 Å². The van der Waals surface area contributed by atoms with E-state index in [0.717, 1.165) is 18.4 Å². The average Bonchev–Trinajstić information content (AvgIpc) is 3.16. The van der Waals surface area contributed by atoms with Gasteiger partial charge < -0.3 is 18.3 Å². The zero-order valence-electron chi connectivity index (χ0n) is 14.7. The van der Waals surface area contributed by atoms with Crippen LogP contribution in [-0.2, 0) is 9.53 Å². The monoisotopic (exact) mass is 356 g/mol. The zero-order valence-corrected chi connectivity index (χ0v) is 14.7. The van der Waals surface area contributed by atoms with Gasteiger partial charge >= 0.3 is 5.97 Å². The normalized spacial score (nSPS) is 10.8. The maximum Gasteiger partial charge on any atom is 0.344 e. The van der Waals surface area contributed by atoms with Gasteiger partial charge in [-0.15, -0.1) is 0 Å². The van der Waals surface area contributed by atoms with Gasteiger partial charge in [0.25, 0.3) is 0 Å². The quantitative estimate of drug-likeness (QED) is 0.469. The van der Waals surface area contributed by atoms with Gasteiger partial charge in [-0.05, 0) is 37.6 Å². The molecular formula is C20H20O6. The molecule has 6 nitrogen and oxygen atoms in total. The van der Waals surface area contributed by atoms with Gasteiger partial charge in [0.15, 0.2) is 12.4 Å². The number of rotatable bonds is 7. The van der Waals surface area contributed by atoms with E-state index >= 15 is 0 Å². The van der Waals surface area contributed by atoms with E-state index in [2.05, 4.69) is 0 Å². The number of carbonyl (C=O) groups excluding carboxylic acids is 1. The minimum atomic E-state index is -0.535. The Hall–Kier alpha value is -3.02. The first-order valence-corrected chi connectivity index (χ1v) is 8.50. The first-order valence-electron chi connectivity index (χ1n) is 8.50. The molecule has 0 amide bonds. The molecule has 3 aromatic rings. The molecule has 0 atom stereocenters. The number of furan rings is 1. The fraction of sp³-hybridized carbons (Fsp3) is 0.300. The van der Waals surface area contributed by atoms with E-state index in [1.807, 2.05) is 19.9 Å². The molecule has 0 aliphatic carbocycles. The van der Waals surface area contributed by atoms with Crippen LogP contribution in [0, 0.1) is 6.92 Å². The van der Waals surface area contributed by atoms with E-state index in [-0.39, 0.29) is 23.5 Å². The molecule has 0 unspecified atom stereocenters. The summed E-state index contributed by atoms with van der Waals surface area (Å²) in [5.41, 5.74) is 0.980. The summed E-state index contributed by atoms with van der Waals surface area (Å²) in [5.74, 6) is -0.102. The second-order valence-electron chi connectivity index (χ2n) is 5.93. The number of hydrogen-bond donors (Lipinski definition) is 0. The molecule has 3 rings (SSSR count). The van der Waals surface area contributed by atoms with Crippen molar-refractivity contribution in [3.8, 4) is 17.3 Å². The lowest BCUT2D eigenvalue weighted by Crippen LogP contribution is -2.19. The molecule has 1 aromatic carbocycles. The van der Waals surface area contributed by atoms with Crippen LogP contribution in [0.15, 0.2) is 50.2 Å². The minimum absolute atomic E-state index is 0.0644. The van der Waals surface area contributed by atoms with Gasteiger partial charge in [-0.3, -0.25) is 4.79 Å². The summed E-state index contributed by atoms with van der Waals surface area (Å²) < 4.78 is 21.7. The third-order valence-corrected chi connectivity index (χ3v) is 3.84. The van der Waals surface area contributed by atoms with Crippen LogP contribution in [0.3, 0.4) is 0 Å². The number of aryl methyl sites for hydroxylation is 1. The molecule has 0 aliphatic heterocycles. The van der Waals surface area contributed by atoms with Crippen LogP contribution in [0.4, 0.5) is 0 Å². The molecule has 2 aromatic heterocycles. The standard InChI is InChI=1S/C20H20O6/c1-3-4-9-24-17(21)12-25-20-18(22)14-11-13(2)7-8-15(14)26-19(20)16-6-5-10-23-16/h5-8,10-11H,3-4,9,12H2,1-2H3. The Labute approximate surface area is 150 Å². The molecule has 136 valence electrons. The molecule has 0 bridgehead atoms. The maximum atomic E-state index is 12.9. The summed E-state index contributed by atoms with van der Waals surface area (Å²) in [4.78, 5) is 24.7. The lowest BCUT2D eigenvalue weighted by molar-refractivity contribution is -0.146. The van der Waals surface area contributed by atoms with Crippen molar-refractivity contribution in [3.63, 3.8) is 0 Å². The summed E-state index contributed by atoms with van der Waals surface area (Å²) in [6.45, 7) is 3.84. The third kappa shape index (κ3) is 3.79. The highest BCUT2D eigenvalue weighted by Crippen LogP contribution is 2.31. The van der Waals surface area contributed by atoms with E-state index in [4.69, 9.17) is 18.3 Å². The summed E-state index contributed by atoms with van der Waals surface area (Å²) in [5, 5.41) is 0.384. The van der Waals surface area contributed by atoms with Crippen molar-refractivity contribution in [2.75, 3.05) is 13.2 Å². The number of hydrogen-bond acceptors (Lipinski definition) is 6. The lowest BCUT2D eigenvalue weighted by atomic mass is 10.1. The van der Waals surface area contributed by atoms with Crippen LogP contribution in [0.5, 0.6) is 5.75 Å². The van der Waals surface area contributed by atoms with Gasteiger partial charge in [-0.25, -0.2) is 4.79 Å². The van der Waals surface area contributed by atoms with Crippen molar-refractivity contribution in [1.29, 1.82) is 0 Å². The molecular weight excluding hydrogens is 336 g/mol. The Kier molecular flexibility index (Phi) is 5.41. The number of esters is 1. The summed E-state index contributed by atoms with van der Waals surface area (Å²) >= 11 is 0. The van der Waals surface area contributed by atoms with Gasteiger partial charge in [-0.1, -0.05) is 25.0 Å². The first kappa shape index (κ1) is 17.8. The number of unbranched alkanes of at least 4 members (excludes halogenated alkanes) is 1. The highest BCUT2D eigenvalue weighted by Gasteiger charge is 2.21. The van der Waals surface area contributed by atoms with Crippen LogP contribution in [0.2, 0.25) is 0 Å². The fourth-order valence-electron chi connectivity index (χ4n) is 2.50. The number of carbonyl (C=O) groups is 1. The van der Waals surface area contributed by atoms with Crippen molar-refractivity contribution in [2.45, 2.75) is 26.7 Å². The Morgan fingerprint density at radius 3 is 2.81 bits per heavy atom. The van der Waals surface area contributed by atoms with E-state index in [9.17, 15) is 9.59 Å². The van der Waals surface area contributed by atoms with Gasteiger partial charge in [0, 0.05) is 0 Å². The van der Waals surface area contributed by atoms with Gasteiger partial charge in [0.05, 0.1) is 18.3 Å². The number of fused-ring (bicyclic) bond motifs is 1. The van der Waals surface area contributed by atoms with Crippen molar-refractivity contribution >= 4 is 16.9 Å². The van der Waals surface area contributed by atoms with Crippen LogP contribution in [0.1, 0.15) is 25.3 Å². The molecule has 0 N–H and O–H groups in total. The number of ether oxygens (including phenoxy) is 2. The van der Waals surface area contributed by atoms with E-state index < -0.39 is 5.97 Å². The predicted molar refractivity (Wildman–Crippen MR) is 96.3 cm³/mol. The van der Waals surface area contributed by atoms with Crippen molar-refractivity contribution in [3.05, 3.63) is 52.4 Å². The van der Waals surface area contributed by atoms with Crippen LogP contribution >= 0.6 is 0 Å². The minimum Gasteiger partial charge on any atom is -0.474 e. The molecule has 0 radical (unpaired) electrons. The van der Waals surface area contributed by atoms with E-state index in [1.165, 1.54) is 6.26 Å². The Morgan fingerprint density at radius 2 is 2.08 bits per heavy atom. The van der Waals surface area contributed by atoms with Crippen molar-refractivity contribution in [1.82, 2.24) is 0 Å². The first-order chi connectivity index (χ1) is 12.6. The Bertz CT molecular complexity index is 952. The van der Waals surface area contributed by atoms with Crippen molar-refractivity contribution < 1.29 is 23.1 Å². The highest BCUT2D eigenvalue weighted by atomic mass is 16.6. The van der Waals surface area contributed by atoms with Crippen molar-refractivity contribution in [2.24, 2.45) is 0 Å². The topological polar surface area (TPSA) is 78.9 Å². The summed E-state index contributed by atoms with van der Waals surface area (Å²) in [6.07, 6.45) is 3.17. The fourth-order valence-corrected chi connectivity index (χ4v) is 2.50. The molecule has 0 saturated heterocycles. The SMILES string of the molecule is CCCCOC(=O)COc1c(-c2ccco2)oc2ccc(C)cc2c1=O. The summed E-state index contributed by atoms with van der Waals surface area (Å²) in [7, 11) is 0. The van der Waals surface area contributed by atoms with Crippen LogP contribution in [0.25, 0.3) is 22.5 Å². The average molecular weight is 356 g/mol. The molecule has 0 spiro atoms. The Morgan fingerprint density at radius 1 is 1.23 bits per heavy atom. The van der Waals surface area contributed by atoms with Gasteiger partial charge in [-0.2, -0.15) is 0 Å². The van der Waals surface area contributed by atoms with E-state index in [1.54, 1.807) is 24.3 Å². The molecule has 0 saturated carbocycles. The molecule has 0 aliphatic rings. The highest BCUT2D eigenvalue weighted by molar-refractivity contribution is 5.82. The molecule has 2 heterocycles. The lowest BCUT2D eigenvalue weighted by Gasteiger charge is -2.10. The second kappa shape index (κ2) is 7.91. The molecule has 0 fully saturated rings. The van der Waals surface area contributed by atoms with Gasteiger partial charge in [0.2, 0.25) is 16.9 Å². The predicted octanol–water partition coefficient (Wildman–Crippen LogP) is 4.08. The van der Waals surface area contributed by atoms with Crippen LogP contribution in [-0.4, -0.2) is 19.2 Å². The summed E-state index contributed by atoms with van der Waals surface area (Å²) in [6, 6.07) is 8.63. The van der Waals surface area contributed by atoms with Gasteiger partial charge in [0.1, 0.15) is 5.58 Å². The van der Waals surface area contributed by atoms with Crippen LogP contribution < -0.4 is 10.2 Å². The second-order valence-corrected chi connectivity index (χ2v) is 5.93. The molecule has 6 heteroatoms. The molecule has 26 heavy (non-hydrogen) atoms. The third-order valence-electron chi connectivity index (χ3n) is 3.84.